The van der Waals surface area contributed by atoms with Gasteiger partial charge in [0, 0.05) is 11.6 Å². The number of hydrogen-bond donors (Lipinski definition) is 2. The third-order valence-corrected chi connectivity index (χ3v) is 1.51. The normalized spacial score (nSPS) is 9.83. The molecule has 0 atom stereocenters. The van der Waals surface area contributed by atoms with Gasteiger partial charge in [0.15, 0.2) is 0 Å². The lowest BCUT2D eigenvalue weighted by atomic mass is 10.2. The number of rotatable bonds is 3. The third kappa shape index (κ3) is 1.87. The molecule has 0 bridgehead atoms. The lowest BCUT2D eigenvalue weighted by Crippen LogP contribution is -2.00. The summed E-state index contributed by atoms with van der Waals surface area (Å²) in [5.74, 6) is 5.63. The van der Waals surface area contributed by atoms with Crippen molar-refractivity contribution < 1.29 is 14.7 Å². The largest absolute Gasteiger partial charge is 0.508 e. The number of nitrogens with two attached hydrogens (primary N) is 1. The lowest BCUT2D eigenvalue weighted by molar-refractivity contribution is 0.122. The van der Waals surface area contributed by atoms with Crippen LogP contribution in [0.4, 0.5) is 0 Å². The SMILES string of the molecule is COc1cc(O)ccc1CON. The van der Waals surface area contributed by atoms with Crippen LogP contribution in [0.25, 0.3) is 0 Å². The number of phenolic OH excluding ortho intramolecular Hbond substituents is 1. The summed E-state index contributed by atoms with van der Waals surface area (Å²) in [4.78, 5) is 4.45. The average molecular weight is 169 g/mol. The molecule has 0 fully saturated rings. The molecular weight excluding hydrogens is 158 g/mol. The van der Waals surface area contributed by atoms with Gasteiger partial charge in [-0.1, -0.05) is 0 Å². The van der Waals surface area contributed by atoms with Crippen molar-refractivity contribution in [3.63, 3.8) is 0 Å². The van der Waals surface area contributed by atoms with Crippen LogP contribution >= 0.6 is 0 Å². The minimum Gasteiger partial charge on any atom is -0.508 e. The maximum Gasteiger partial charge on any atom is 0.128 e. The third-order valence-electron chi connectivity index (χ3n) is 1.51. The summed E-state index contributed by atoms with van der Waals surface area (Å²) in [5, 5.41) is 9.08. The van der Waals surface area contributed by atoms with Crippen molar-refractivity contribution in [2.24, 2.45) is 5.90 Å². The highest BCUT2D eigenvalue weighted by Crippen LogP contribution is 2.23. The van der Waals surface area contributed by atoms with E-state index in [-0.39, 0.29) is 12.4 Å². The fourth-order valence-electron chi connectivity index (χ4n) is 0.942. The Morgan fingerprint density at radius 1 is 1.50 bits per heavy atom. The summed E-state index contributed by atoms with van der Waals surface area (Å²) in [7, 11) is 1.52. The Morgan fingerprint density at radius 2 is 2.25 bits per heavy atom. The van der Waals surface area contributed by atoms with Crippen molar-refractivity contribution in [3.8, 4) is 11.5 Å². The van der Waals surface area contributed by atoms with Crippen molar-refractivity contribution >= 4 is 0 Å². The number of aromatic hydroxyl groups is 1. The van der Waals surface area contributed by atoms with Crippen molar-refractivity contribution in [1.82, 2.24) is 0 Å². The molecule has 12 heavy (non-hydrogen) atoms. The monoisotopic (exact) mass is 169 g/mol. The van der Waals surface area contributed by atoms with E-state index < -0.39 is 0 Å². The molecule has 0 radical (unpaired) electrons. The van der Waals surface area contributed by atoms with Crippen LogP contribution in [0.15, 0.2) is 18.2 Å². The molecule has 0 spiro atoms. The smallest absolute Gasteiger partial charge is 0.128 e. The molecule has 66 valence electrons. The van der Waals surface area contributed by atoms with E-state index in [0.29, 0.717) is 5.75 Å². The van der Waals surface area contributed by atoms with Crippen LogP contribution in [0.2, 0.25) is 0 Å². The Kier molecular flexibility index (Phi) is 2.90. The van der Waals surface area contributed by atoms with Gasteiger partial charge >= 0.3 is 0 Å². The Balaban J connectivity index is 2.94. The van der Waals surface area contributed by atoms with Crippen LogP contribution < -0.4 is 10.6 Å². The molecular formula is C8H11NO3. The molecule has 0 unspecified atom stereocenters. The maximum absolute atomic E-state index is 9.08. The molecule has 4 nitrogen and oxygen atoms in total. The van der Waals surface area contributed by atoms with Gasteiger partial charge in [-0.3, -0.25) is 4.84 Å². The van der Waals surface area contributed by atoms with Crippen LogP contribution in [0.1, 0.15) is 5.56 Å². The summed E-state index contributed by atoms with van der Waals surface area (Å²) in [6.07, 6.45) is 0. The molecule has 1 aromatic rings. The van der Waals surface area contributed by atoms with Gasteiger partial charge in [0.05, 0.1) is 13.7 Å². The highest BCUT2D eigenvalue weighted by molar-refractivity contribution is 5.39. The molecule has 0 heterocycles. The van der Waals surface area contributed by atoms with E-state index in [9.17, 15) is 0 Å². The molecule has 0 amide bonds. The van der Waals surface area contributed by atoms with Crippen LogP contribution in [-0.2, 0) is 11.4 Å². The Hall–Kier alpha value is -1.26. The van der Waals surface area contributed by atoms with Gasteiger partial charge in [0.1, 0.15) is 11.5 Å². The van der Waals surface area contributed by atoms with Crippen LogP contribution in [0.3, 0.4) is 0 Å². The summed E-state index contributed by atoms with van der Waals surface area (Å²) in [5.41, 5.74) is 0.804. The summed E-state index contributed by atoms with van der Waals surface area (Å²) in [6.45, 7) is 0.267. The van der Waals surface area contributed by atoms with E-state index in [4.69, 9.17) is 15.7 Å². The molecule has 0 aliphatic heterocycles. The van der Waals surface area contributed by atoms with E-state index in [1.165, 1.54) is 13.2 Å². The first-order valence-electron chi connectivity index (χ1n) is 3.45. The number of methoxy groups -OCH3 is 1. The number of benzene rings is 1. The fraction of sp³-hybridized carbons (Fsp3) is 0.250. The Morgan fingerprint density at radius 3 is 2.83 bits per heavy atom. The summed E-state index contributed by atoms with van der Waals surface area (Å²) >= 11 is 0. The first-order chi connectivity index (χ1) is 5.77. The molecule has 1 rings (SSSR count). The highest BCUT2D eigenvalue weighted by Gasteiger charge is 2.02. The molecule has 4 heteroatoms. The predicted octanol–water partition coefficient (Wildman–Crippen LogP) is 0.791. The van der Waals surface area contributed by atoms with Gasteiger partial charge in [-0.05, 0) is 12.1 Å². The minimum absolute atomic E-state index is 0.160. The molecule has 0 aliphatic rings. The zero-order chi connectivity index (χ0) is 8.97. The van der Waals surface area contributed by atoms with E-state index >= 15 is 0 Å². The predicted molar refractivity (Wildman–Crippen MR) is 43.6 cm³/mol. The number of ether oxygens (including phenoxy) is 1. The Bertz CT molecular complexity index is 262. The standard InChI is InChI=1S/C8H11NO3/c1-11-8-4-7(10)3-2-6(8)5-12-9/h2-4,10H,5,9H2,1H3. The summed E-state index contributed by atoms with van der Waals surface area (Å²) in [6, 6.07) is 4.76. The second-order valence-electron chi connectivity index (χ2n) is 2.31. The molecule has 0 saturated heterocycles. The van der Waals surface area contributed by atoms with Gasteiger partial charge in [0.25, 0.3) is 0 Å². The van der Waals surface area contributed by atoms with Crippen molar-refractivity contribution in [2.75, 3.05) is 7.11 Å². The van der Waals surface area contributed by atoms with Crippen molar-refractivity contribution in [3.05, 3.63) is 23.8 Å². The minimum atomic E-state index is 0.160. The molecule has 1 aromatic carbocycles. The zero-order valence-corrected chi connectivity index (χ0v) is 6.78. The van der Waals surface area contributed by atoms with Crippen molar-refractivity contribution in [2.45, 2.75) is 6.61 Å². The Labute approximate surface area is 70.5 Å². The molecule has 0 saturated carbocycles. The second-order valence-corrected chi connectivity index (χ2v) is 2.31. The fourth-order valence-corrected chi connectivity index (χ4v) is 0.942. The maximum atomic E-state index is 9.08. The van der Waals surface area contributed by atoms with Gasteiger partial charge in [-0.25, -0.2) is 5.90 Å². The first kappa shape index (κ1) is 8.83. The van der Waals surface area contributed by atoms with Gasteiger partial charge in [0.2, 0.25) is 0 Å². The molecule has 0 aliphatic carbocycles. The average Bonchev–Trinajstić information content (AvgIpc) is 2.08. The van der Waals surface area contributed by atoms with Gasteiger partial charge in [-0.2, -0.15) is 0 Å². The summed E-state index contributed by atoms with van der Waals surface area (Å²) < 4.78 is 4.98. The molecule has 3 N–H and O–H groups in total. The van der Waals surface area contributed by atoms with Crippen molar-refractivity contribution in [1.29, 1.82) is 0 Å². The number of phenols is 1. The quantitative estimate of drug-likeness (QED) is 0.656. The first-order valence-corrected chi connectivity index (χ1v) is 3.45. The van der Waals surface area contributed by atoms with Gasteiger partial charge < -0.3 is 9.84 Å². The van der Waals surface area contributed by atoms with E-state index in [0.717, 1.165) is 5.56 Å². The lowest BCUT2D eigenvalue weighted by Gasteiger charge is -2.06. The van der Waals surface area contributed by atoms with E-state index in [2.05, 4.69) is 4.84 Å². The second kappa shape index (κ2) is 3.94. The highest BCUT2D eigenvalue weighted by atomic mass is 16.6. The zero-order valence-electron chi connectivity index (χ0n) is 6.78. The van der Waals surface area contributed by atoms with Crippen LogP contribution in [0, 0.1) is 0 Å². The number of hydrogen-bond acceptors (Lipinski definition) is 4. The van der Waals surface area contributed by atoms with Crippen LogP contribution in [0.5, 0.6) is 11.5 Å². The van der Waals surface area contributed by atoms with Gasteiger partial charge in [-0.15, -0.1) is 0 Å². The van der Waals surface area contributed by atoms with E-state index in [1.54, 1.807) is 12.1 Å². The molecule has 0 aromatic heterocycles. The topological polar surface area (TPSA) is 64.7 Å². The van der Waals surface area contributed by atoms with E-state index in [1.807, 2.05) is 0 Å². The van der Waals surface area contributed by atoms with Crippen LogP contribution in [-0.4, -0.2) is 12.2 Å².